The van der Waals surface area contributed by atoms with Crippen LogP contribution in [0.2, 0.25) is 0 Å². The average Bonchev–Trinajstić information content (AvgIpc) is 2.80. The van der Waals surface area contributed by atoms with Gasteiger partial charge in [-0.05, 0) is 20.3 Å². The number of unbranched alkanes of at least 4 members (excludes halogenated alkanes) is 1. The minimum absolute atomic E-state index is 0. The van der Waals surface area contributed by atoms with E-state index < -0.39 is 53.5 Å². The molecule has 0 saturated carbocycles. The number of aliphatic carboxylic acids is 2. The predicted octanol–water partition coefficient (Wildman–Crippen LogP) is -8.53. The van der Waals surface area contributed by atoms with E-state index in [1.807, 2.05) is 6.92 Å². The number of nitrogens with two attached hydrogens (primary N) is 5. The van der Waals surface area contributed by atoms with E-state index in [-0.39, 0.29) is 47.8 Å². The maximum Gasteiger partial charge on any atom is 1.00 e. The molecule has 0 rings (SSSR count). The van der Waals surface area contributed by atoms with Gasteiger partial charge in [-0.15, -0.1) is 0 Å². The number of hydrogen-bond donors (Lipinski definition) is 6. The molecule has 39 heavy (non-hydrogen) atoms. The van der Waals surface area contributed by atoms with E-state index in [1.54, 1.807) is 13.8 Å². The van der Waals surface area contributed by atoms with Crippen LogP contribution in [0.15, 0.2) is 0 Å². The van der Waals surface area contributed by atoms with Gasteiger partial charge in [0, 0.05) is 0 Å². The fourth-order valence-electron chi connectivity index (χ4n) is 0.785. The third-order valence-electron chi connectivity index (χ3n) is 2.30. The van der Waals surface area contributed by atoms with Crippen molar-refractivity contribution < 1.29 is 97.1 Å². The molecule has 21 heteroatoms. The summed E-state index contributed by atoms with van der Waals surface area (Å²) in [6.07, 6.45) is 1.69. The fourth-order valence-corrected chi connectivity index (χ4v) is 0.844. The number of amides is 4. The van der Waals surface area contributed by atoms with Gasteiger partial charge in [-0.25, -0.2) is 19.2 Å². The van der Waals surface area contributed by atoms with Crippen LogP contribution in [-0.4, -0.2) is 83.4 Å². The van der Waals surface area contributed by atoms with Gasteiger partial charge in [-0.3, -0.25) is 19.2 Å². The predicted molar refractivity (Wildman–Crippen MR) is 125 cm³/mol. The van der Waals surface area contributed by atoms with Gasteiger partial charge in [-0.2, -0.15) is 0 Å². The zero-order valence-electron chi connectivity index (χ0n) is 21.6. The largest absolute Gasteiger partial charge is 1.00 e. The van der Waals surface area contributed by atoms with Gasteiger partial charge in [0.15, 0.2) is 4.99 Å². The summed E-state index contributed by atoms with van der Waals surface area (Å²) in [5, 5.41) is 16.6. The van der Waals surface area contributed by atoms with Crippen molar-refractivity contribution in [3.63, 3.8) is 0 Å². The van der Waals surface area contributed by atoms with Gasteiger partial charge in [0.1, 0.15) is 5.97 Å². The van der Waals surface area contributed by atoms with Crippen molar-refractivity contribution in [2.45, 2.75) is 33.6 Å². The summed E-state index contributed by atoms with van der Waals surface area (Å²) in [5.74, 6) is -10.8. The number of rotatable bonds is 5. The molecule has 0 bridgehead atoms. The van der Waals surface area contributed by atoms with Crippen LogP contribution < -0.4 is 63.3 Å². The maximum absolute atomic E-state index is 10.3. The van der Waals surface area contributed by atoms with Gasteiger partial charge in [0.05, 0.1) is 19.8 Å². The molecule has 19 nitrogen and oxygen atoms in total. The second-order valence-corrected chi connectivity index (χ2v) is 5.78. The number of esters is 3. The van der Waals surface area contributed by atoms with Crippen molar-refractivity contribution in [2.24, 2.45) is 28.7 Å². The average molecular weight is 596 g/mol. The summed E-state index contributed by atoms with van der Waals surface area (Å²) in [6.45, 7) is 6.02. The molecule has 0 heterocycles. The van der Waals surface area contributed by atoms with Crippen LogP contribution in [-0.2, 0) is 57.4 Å². The minimum atomic E-state index is -1.85. The number of carbonyl (C=O) groups is 9. The Morgan fingerprint density at radius 2 is 0.974 bits per heavy atom. The van der Waals surface area contributed by atoms with Crippen LogP contribution in [0.4, 0.5) is 0 Å². The van der Waals surface area contributed by atoms with Gasteiger partial charge in [0.2, 0.25) is 0 Å². The molecule has 0 aromatic carbocycles. The summed E-state index contributed by atoms with van der Waals surface area (Å²) >= 11 is 4.29. The van der Waals surface area contributed by atoms with Crippen molar-refractivity contribution in [1.29, 1.82) is 0 Å². The summed E-state index contributed by atoms with van der Waals surface area (Å²) < 4.78 is 13.0. The fraction of sp³-hybridized carbons (Fsp3) is 0.444. The third-order valence-corrected chi connectivity index (χ3v) is 2.46. The zero-order valence-corrected chi connectivity index (χ0v) is 24.4. The Kier molecular flexibility index (Phi) is 39.7. The Hall–Kier alpha value is -3.88. The summed E-state index contributed by atoms with van der Waals surface area (Å²) in [4.78, 5) is 87.2. The molecule has 0 radical (unpaired) electrons. The second kappa shape index (κ2) is 32.1. The van der Waals surface area contributed by atoms with Crippen molar-refractivity contribution in [1.82, 2.24) is 0 Å². The van der Waals surface area contributed by atoms with Crippen LogP contribution >= 0.6 is 12.2 Å². The molecule has 0 aromatic rings. The van der Waals surface area contributed by atoms with Gasteiger partial charge in [-0.1, -0.05) is 25.6 Å². The molecule has 0 saturated heterocycles. The van der Waals surface area contributed by atoms with E-state index in [9.17, 15) is 38.4 Å². The molecule has 0 aliphatic rings. The van der Waals surface area contributed by atoms with Crippen molar-refractivity contribution in [2.75, 3.05) is 19.8 Å². The third kappa shape index (κ3) is 47.9. The number of carboxylic acids is 2. The monoisotopic (exact) mass is 595 g/mol. The van der Waals surface area contributed by atoms with Crippen molar-refractivity contribution in [3.8, 4) is 0 Å². The molecular weight excluding hydrogens is 565 g/mol. The van der Waals surface area contributed by atoms with Gasteiger partial charge >= 0.3 is 71.2 Å². The molecule has 0 unspecified atom stereocenters. The van der Waals surface area contributed by atoms with Crippen LogP contribution in [0.1, 0.15) is 33.6 Å². The van der Waals surface area contributed by atoms with Gasteiger partial charge in [0.25, 0.3) is 5.91 Å². The molecule has 0 aromatic heterocycles. The second-order valence-electron chi connectivity index (χ2n) is 5.34. The Morgan fingerprint density at radius 3 is 1.13 bits per heavy atom. The standard InChI is InChI=1S/C6H11NO3.C4H7NO3.C4H7NO2S.2C2H3NO3.Na/c1-2-3-4-10-6(9)5(7)8;1-2-8-4(7)3(5)6;1-2-7-4(6)3(5)8;2*3-1(4)2(5)6;/h2-4H2,1H3,(H2,7,8);2H2,1H3,(H2,5,6);2H2,1H3,(H2,5,8);2*(H2,3,4)(H,5,6);/q;;;;;+1/p-1. The maximum atomic E-state index is 10.3. The first-order valence-electron chi connectivity index (χ1n) is 9.76. The van der Waals surface area contributed by atoms with Crippen LogP contribution in [0.3, 0.4) is 0 Å². The van der Waals surface area contributed by atoms with Crippen LogP contribution in [0, 0.1) is 0 Å². The smallest absolute Gasteiger partial charge is 0.540 e. The first kappa shape index (κ1) is 48.2. The molecule has 4 amide bonds. The van der Waals surface area contributed by atoms with E-state index in [0.717, 1.165) is 12.8 Å². The first-order chi connectivity index (χ1) is 17.3. The number of carbonyl (C=O) groups excluding carboxylic acids is 8. The molecular formula is C18H30N5NaO14S. The molecule has 0 fully saturated rings. The zero-order chi connectivity index (χ0) is 31.4. The van der Waals surface area contributed by atoms with Crippen LogP contribution in [0.25, 0.3) is 0 Å². The van der Waals surface area contributed by atoms with E-state index in [4.69, 9.17) is 20.7 Å². The SMILES string of the molecule is CCCCOC(=O)C(N)=O.CCOC(=O)C(N)=O.CCOC(=O)C(N)=S.NC(=O)C(=O)O.NC(=O)C(=O)[O-].[Na+]. The van der Waals surface area contributed by atoms with Crippen molar-refractivity contribution in [3.05, 3.63) is 0 Å². The Labute approximate surface area is 249 Å². The summed E-state index contributed by atoms with van der Waals surface area (Å²) in [5.41, 5.74) is 22.3. The van der Waals surface area contributed by atoms with E-state index >= 15 is 0 Å². The summed E-state index contributed by atoms with van der Waals surface area (Å²) in [6, 6.07) is 0. The molecule has 0 spiro atoms. The number of carboxylic acid groups (broad SMARTS) is 2. The normalized spacial score (nSPS) is 7.87. The van der Waals surface area contributed by atoms with E-state index in [0.29, 0.717) is 6.61 Å². The molecule has 218 valence electrons. The number of thiocarbonyl (C=S) groups is 1. The molecule has 0 atom stereocenters. The van der Waals surface area contributed by atoms with Gasteiger partial charge < -0.3 is 57.9 Å². The summed E-state index contributed by atoms with van der Waals surface area (Å²) in [7, 11) is 0. The molecule has 11 N–H and O–H groups in total. The van der Waals surface area contributed by atoms with Crippen LogP contribution in [0.5, 0.6) is 0 Å². The number of primary amides is 4. The molecule has 0 aliphatic carbocycles. The quantitative estimate of drug-likeness (QED) is 0.0429. The van der Waals surface area contributed by atoms with Crippen molar-refractivity contribution >= 4 is 70.7 Å². The minimum Gasteiger partial charge on any atom is -0.540 e. The number of hydrogen-bond acceptors (Lipinski definition) is 14. The topological polar surface area (TPSA) is 355 Å². The Bertz CT molecular complexity index is 778. The molecule has 0 aliphatic heterocycles. The van der Waals surface area contributed by atoms with E-state index in [2.05, 4.69) is 49.4 Å². The number of ether oxygens (including phenoxy) is 3. The van der Waals surface area contributed by atoms with E-state index in [1.165, 1.54) is 0 Å². The Morgan fingerprint density at radius 1 is 0.667 bits per heavy atom. The Balaban J connectivity index is -0.0000000879. The first-order valence-corrected chi connectivity index (χ1v) is 10.2.